The van der Waals surface area contributed by atoms with Gasteiger partial charge in [0.2, 0.25) is 5.13 Å². The highest BCUT2D eigenvalue weighted by molar-refractivity contribution is 7.14. The number of thiazole rings is 1. The third-order valence-electron chi connectivity index (χ3n) is 3.59. The van der Waals surface area contributed by atoms with Crippen LogP contribution in [0.15, 0.2) is 80.4 Å². The molecule has 25 heavy (non-hydrogen) atoms. The van der Waals surface area contributed by atoms with E-state index in [2.05, 4.69) is 15.5 Å². The third-order valence-corrected chi connectivity index (χ3v) is 4.34. The Kier molecular flexibility index (Phi) is 4.10. The van der Waals surface area contributed by atoms with Gasteiger partial charge in [0.15, 0.2) is 0 Å². The number of anilines is 1. The molecule has 0 saturated carbocycles. The first kappa shape index (κ1) is 15.3. The zero-order valence-electron chi connectivity index (χ0n) is 13.0. The van der Waals surface area contributed by atoms with E-state index in [0.29, 0.717) is 22.0 Å². The number of hydrogen-bond acceptors (Lipinski definition) is 6. The molecule has 0 aliphatic rings. The number of fused-ring (bicyclic) bond motifs is 1. The van der Waals surface area contributed by atoms with Crippen LogP contribution in [0.3, 0.4) is 0 Å². The van der Waals surface area contributed by atoms with Crippen molar-refractivity contribution in [3.8, 4) is 11.3 Å². The zero-order valence-corrected chi connectivity index (χ0v) is 13.9. The molecule has 122 valence electrons. The van der Waals surface area contributed by atoms with Crippen molar-refractivity contribution in [2.24, 2.45) is 5.10 Å². The topological polar surface area (TPSA) is 67.5 Å². The Morgan fingerprint density at radius 2 is 1.88 bits per heavy atom. The maximum atomic E-state index is 12.2. The molecule has 4 aromatic rings. The summed E-state index contributed by atoms with van der Waals surface area (Å²) in [4.78, 5) is 16.6. The summed E-state index contributed by atoms with van der Waals surface area (Å²) >= 11 is 1.38. The summed E-state index contributed by atoms with van der Waals surface area (Å²) in [6.45, 7) is 0. The predicted molar refractivity (Wildman–Crippen MR) is 101 cm³/mol. The molecule has 2 aromatic carbocycles. The predicted octanol–water partition coefficient (Wildman–Crippen LogP) is 4.36. The molecule has 0 aliphatic heterocycles. The summed E-state index contributed by atoms with van der Waals surface area (Å²) < 4.78 is 5.35. The molecule has 5 nitrogen and oxygen atoms in total. The molecule has 0 radical (unpaired) electrons. The first-order valence-corrected chi connectivity index (χ1v) is 8.50. The number of hydrogen-bond donors (Lipinski definition) is 1. The molecule has 2 heterocycles. The van der Waals surface area contributed by atoms with E-state index < -0.39 is 5.63 Å². The lowest BCUT2D eigenvalue weighted by molar-refractivity contribution is 0.563. The van der Waals surface area contributed by atoms with Gasteiger partial charge in [-0.25, -0.2) is 9.78 Å². The van der Waals surface area contributed by atoms with Crippen LogP contribution >= 0.6 is 11.3 Å². The van der Waals surface area contributed by atoms with Gasteiger partial charge >= 0.3 is 5.63 Å². The molecule has 4 rings (SSSR count). The van der Waals surface area contributed by atoms with Crippen LogP contribution in [0.4, 0.5) is 5.13 Å². The Hall–Kier alpha value is -3.25. The number of nitrogens with zero attached hydrogens (tertiary/aromatic N) is 2. The monoisotopic (exact) mass is 347 g/mol. The highest BCUT2D eigenvalue weighted by Crippen LogP contribution is 2.25. The number of aromatic nitrogens is 1. The summed E-state index contributed by atoms with van der Waals surface area (Å²) in [6, 6.07) is 19.0. The van der Waals surface area contributed by atoms with Crippen LogP contribution in [0.5, 0.6) is 0 Å². The summed E-state index contributed by atoms with van der Waals surface area (Å²) in [5.41, 5.74) is 5.05. The van der Waals surface area contributed by atoms with Crippen molar-refractivity contribution in [1.29, 1.82) is 0 Å². The highest BCUT2D eigenvalue weighted by atomic mass is 32.1. The van der Waals surface area contributed by atoms with Gasteiger partial charge in [-0.15, -0.1) is 11.3 Å². The summed E-state index contributed by atoms with van der Waals surface area (Å²) in [5.74, 6) is 0. The molecule has 0 atom stereocenters. The molecule has 0 unspecified atom stereocenters. The summed E-state index contributed by atoms with van der Waals surface area (Å²) in [6.07, 6.45) is 1.71. The van der Waals surface area contributed by atoms with Crippen molar-refractivity contribution in [3.05, 3.63) is 82.0 Å². The molecule has 0 saturated heterocycles. The Bertz CT molecular complexity index is 1100. The molecule has 0 amide bonds. The van der Waals surface area contributed by atoms with E-state index in [4.69, 9.17) is 4.42 Å². The van der Waals surface area contributed by atoms with Gasteiger partial charge in [0.1, 0.15) is 5.58 Å². The van der Waals surface area contributed by atoms with Gasteiger partial charge in [0, 0.05) is 10.8 Å². The SMILES string of the molecule is O=c1oc2ccccc2cc1-c1csc(N/N=C/c2ccccc2)n1. The molecule has 0 fully saturated rings. The van der Waals surface area contributed by atoms with Gasteiger partial charge < -0.3 is 4.42 Å². The minimum atomic E-state index is -0.400. The summed E-state index contributed by atoms with van der Waals surface area (Å²) in [7, 11) is 0. The molecule has 0 spiro atoms. The second kappa shape index (κ2) is 6.70. The van der Waals surface area contributed by atoms with E-state index in [0.717, 1.165) is 10.9 Å². The van der Waals surface area contributed by atoms with E-state index >= 15 is 0 Å². The van der Waals surface area contributed by atoms with Crippen LogP contribution in [0.2, 0.25) is 0 Å². The van der Waals surface area contributed by atoms with Gasteiger partial charge in [-0.1, -0.05) is 48.5 Å². The van der Waals surface area contributed by atoms with Gasteiger partial charge in [-0.05, 0) is 17.7 Å². The smallest absolute Gasteiger partial charge is 0.345 e. The van der Waals surface area contributed by atoms with Gasteiger partial charge in [0.25, 0.3) is 0 Å². The lowest BCUT2D eigenvalue weighted by Crippen LogP contribution is -2.02. The average molecular weight is 347 g/mol. The first-order chi connectivity index (χ1) is 12.3. The Morgan fingerprint density at radius 1 is 1.08 bits per heavy atom. The number of para-hydroxylation sites is 1. The van der Waals surface area contributed by atoms with Crippen molar-refractivity contribution < 1.29 is 4.42 Å². The van der Waals surface area contributed by atoms with E-state index in [-0.39, 0.29) is 0 Å². The fourth-order valence-corrected chi connectivity index (χ4v) is 3.05. The number of hydrazone groups is 1. The maximum Gasteiger partial charge on any atom is 0.345 e. The highest BCUT2D eigenvalue weighted by Gasteiger charge is 2.11. The quantitative estimate of drug-likeness (QED) is 0.338. The lowest BCUT2D eigenvalue weighted by atomic mass is 10.1. The molecule has 0 bridgehead atoms. The molecule has 0 aliphatic carbocycles. The van der Waals surface area contributed by atoms with Crippen LogP contribution in [-0.2, 0) is 0 Å². The van der Waals surface area contributed by atoms with Gasteiger partial charge in [0.05, 0.1) is 17.5 Å². The second-order valence-electron chi connectivity index (χ2n) is 5.30. The number of nitrogens with one attached hydrogen (secondary N) is 1. The largest absolute Gasteiger partial charge is 0.422 e. The molecule has 2 aromatic heterocycles. The van der Waals surface area contributed by atoms with E-state index in [1.54, 1.807) is 23.7 Å². The van der Waals surface area contributed by atoms with Crippen LogP contribution in [0, 0.1) is 0 Å². The standard InChI is InChI=1S/C19H13N3O2S/c23-18-15(10-14-8-4-5-9-17(14)24-18)16-12-25-19(21-16)22-20-11-13-6-2-1-3-7-13/h1-12H,(H,21,22)/b20-11+. The minimum Gasteiger partial charge on any atom is -0.422 e. The molecular formula is C19H13N3O2S. The Morgan fingerprint density at radius 3 is 2.76 bits per heavy atom. The number of benzene rings is 2. The fourth-order valence-electron chi connectivity index (χ4n) is 2.39. The molecular weight excluding hydrogens is 334 g/mol. The zero-order chi connectivity index (χ0) is 17.1. The van der Waals surface area contributed by atoms with Crippen LogP contribution in [-0.4, -0.2) is 11.2 Å². The van der Waals surface area contributed by atoms with E-state index in [1.165, 1.54) is 11.3 Å². The van der Waals surface area contributed by atoms with Crippen LogP contribution in [0.25, 0.3) is 22.2 Å². The normalized spacial score (nSPS) is 11.2. The van der Waals surface area contributed by atoms with Gasteiger partial charge in [-0.3, -0.25) is 5.43 Å². The minimum absolute atomic E-state index is 0.400. The van der Waals surface area contributed by atoms with Crippen molar-refractivity contribution >= 4 is 33.7 Å². The maximum absolute atomic E-state index is 12.2. The van der Waals surface area contributed by atoms with Crippen molar-refractivity contribution in [2.75, 3.05) is 5.43 Å². The van der Waals surface area contributed by atoms with E-state index in [1.807, 2.05) is 48.5 Å². The van der Waals surface area contributed by atoms with Crippen molar-refractivity contribution in [2.45, 2.75) is 0 Å². The molecule has 1 N–H and O–H groups in total. The fraction of sp³-hybridized carbons (Fsp3) is 0. The van der Waals surface area contributed by atoms with Crippen molar-refractivity contribution in [1.82, 2.24) is 4.98 Å². The average Bonchev–Trinajstić information content (AvgIpc) is 3.11. The number of rotatable bonds is 4. The van der Waals surface area contributed by atoms with E-state index in [9.17, 15) is 4.79 Å². The van der Waals surface area contributed by atoms with Crippen molar-refractivity contribution in [3.63, 3.8) is 0 Å². The first-order valence-electron chi connectivity index (χ1n) is 7.62. The Balaban J connectivity index is 1.58. The van der Waals surface area contributed by atoms with Gasteiger partial charge in [-0.2, -0.15) is 5.10 Å². The van der Waals surface area contributed by atoms with Crippen LogP contribution in [0.1, 0.15) is 5.56 Å². The summed E-state index contributed by atoms with van der Waals surface area (Å²) in [5, 5.41) is 7.44. The Labute approximate surface area is 147 Å². The van der Waals surface area contributed by atoms with Crippen LogP contribution < -0.4 is 11.1 Å². The second-order valence-corrected chi connectivity index (χ2v) is 6.16. The molecule has 6 heteroatoms. The lowest BCUT2D eigenvalue weighted by Gasteiger charge is -1.99. The third kappa shape index (κ3) is 3.34.